The normalized spacial score (nSPS) is 23.0. The second kappa shape index (κ2) is 11.2. The highest BCUT2D eigenvalue weighted by molar-refractivity contribution is 7.16. The van der Waals surface area contributed by atoms with Crippen molar-refractivity contribution in [3.63, 3.8) is 0 Å². The van der Waals surface area contributed by atoms with E-state index in [-0.39, 0.29) is 12.4 Å². The van der Waals surface area contributed by atoms with Crippen molar-refractivity contribution in [2.45, 2.75) is 58.3 Å². The molecule has 5 unspecified atom stereocenters. The summed E-state index contributed by atoms with van der Waals surface area (Å²) in [5, 5.41) is 3.84. The third kappa shape index (κ3) is 5.94. The van der Waals surface area contributed by atoms with Crippen LogP contribution in [0.4, 0.5) is 0 Å². The molecule has 2 heterocycles. The summed E-state index contributed by atoms with van der Waals surface area (Å²) in [6, 6.07) is 7.50. The smallest absolute Gasteiger partial charge is 0.396 e. The Hall–Kier alpha value is -3.97. The second-order valence-corrected chi connectivity index (χ2v) is 9.52. The van der Waals surface area contributed by atoms with E-state index < -0.39 is 59.4 Å². The van der Waals surface area contributed by atoms with E-state index in [2.05, 4.69) is 5.32 Å². The number of carbonyl (C=O) groups is 4. The summed E-state index contributed by atoms with van der Waals surface area (Å²) in [6.07, 6.45) is -4.94. The maximum absolute atomic E-state index is 12.2. The van der Waals surface area contributed by atoms with Gasteiger partial charge in [0.1, 0.15) is 24.5 Å². The molecule has 0 bridgehead atoms. The van der Waals surface area contributed by atoms with Gasteiger partial charge in [0, 0.05) is 44.5 Å². The Morgan fingerprint density at radius 1 is 0.947 bits per heavy atom. The Kier molecular flexibility index (Phi) is 7.97. The Bertz CT molecular complexity index is 1440. The van der Waals surface area contributed by atoms with Gasteiger partial charge in [-0.05, 0) is 0 Å². The topological polar surface area (TPSA) is 157 Å². The number of amides is 1. The third-order valence-electron chi connectivity index (χ3n) is 5.62. The SMILES string of the molecule is CC(=O)NC1C(Oc2cc3sc(=O)oc3c3ccccc23)OC(COC(C)=O)C(OC(C)=O)C1OC(C)=O. The molecule has 0 aliphatic carbocycles. The minimum atomic E-state index is -1.31. The first-order chi connectivity index (χ1) is 18.0. The largest absolute Gasteiger partial charge is 0.463 e. The van der Waals surface area contributed by atoms with Gasteiger partial charge < -0.3 is 33.4 Å². The highest BCUT2D eigenvalue weighted by atomic mass is 32.1. The van der Waals surface area contributed by atoms with Crippen LogP contribution in [0, 0.1) is 0 Å². The summed E-state index contributed by atoms with van der Waals surface area (Å²) in [7, 11) is 0. The summed E-state index contributed by atoms with van der Waals surface area (Å²) in [5.74, 6) is -2.27. The molecule has 13 heteroatoms. The maximum atomic E-state index is 12.2. The van der Waals surface area contributed by atoms with E-state index in [1.54, 1.807) is 30.3 Å². The second-order valence-electron chi connectivity index (χ2n) is 8.54. The van der Waals surface area contributed by atoms with Gasteiger partial charge in [0.15, 0.2) is 17.8 Å². The molecule has 1 aliphatic rings. The number of fused-ring (bicyclic) bond motifs is 3. The van der Waals surface area contributed by atoms with Gasteiger partial charge in [-0.15, -0.1) is 0 Å². The van der Waals surface area contributed by atoms with Crippen molar-refractivity contribution in [3.05, 3.63) is 40.1 Å². The van der Waals surface area contributed by atoms with Crippen molar-refractivity contribution in [2.24, 2.45) is 0 Å². The minimum absolute atomic E-state index is 0.282. The van der Waals surface area contributed by atoms with Crippen molar-refractivity contribution in [1.29, 1.82) is 0 Å². The standard InChI is InChI=1S/C25H25NO11S/c1-11(27)26-20-23(34-14(4)30)22(33-13(3)29)18(10-32-12(2)28)36-24(20)35-17-9-19-21(37-25(31)38-19)16-8-6-5-7-15(16)17/h5-9,18,20,22-24H,10H2,1-4H3,(H,26,27). The number of hydrogen-bond acceptors (Lipinski definition) is 12. The van der Waals surface area contributed by atoms with Gasteiger partial charge in [0.05, 0.1) is 4.70 Å². The van der Waals surface area contributed by atoms with E-state index in [1.165, 1.54) is 13.8 Å². The molecule has 1 amide bonds. The molecule has 3 aromatic rings. The summed E-state index contributed by atoms with van der Waals surface area (Å²) < 4.78 is 34.2. The molecule has 202 valence electrons. The monoisotopic (exact) mass is 547 g/mol. The number of ether oxygens (including phenoxy) is 5. The lowest BCUT2D eigenvalue weighted by Gasteiger charge is -2.44. The van der Waals surface area contributed by atoms with Crippen LogP contribution in [0.15, 0.2) is 39.5 Å². The number of benzene rings is 2. The van der Waals surface area contributed by atoms with Gasteiger partial charge in [-0.25, -0.2) is 4.79 Å². The van der Waals surface area contributed by atoms with Crippen LogP contribution >= 0.6 is 11.3 Å². The number of carbonyl (C=O) groups excluding carboxylic acids is 4. The Labute approximate surface area is 219 Å². The van der Waals surface area contributed by atoms with E-state index >= 15 is 0 Å². The molecule has 38 heavy (non-hydrogen) atoms. The quantitative estimate of drug-likeness (QED) is 0.341. The zero-order chi connectivity index (χ0) is 27.6. The highest BCUT2D eigenvalue weighted by Crippen LogP contribution is 2.37. The summed E-state index contributed by atoms with van der Waals surface area (Å²) in [4.78, 5) is 59.1. The first kappa shape index (κ1) is 27.1. The summed E-state index contributed by atoms with van der Waals surface area (Å²) in [6.45, 7) is 4.39. The van der Waals surface area contributed by atoms with Crippen molar-refractivity contribution >= 4 is 56.2 Å². The van der Waals surface area contributed by atoms with Crippen molar-refractivity contribution in [3.8, 4) is 5.75 Å². The molecule has 0 spiro atoms. The van der Waals surface area contributed by atoms with E-state index in [0.717, 1.165) is 25.2 Å². The van der Waals surface area contributed by atoms with Crippen LogP contribution in [-0.2, 0) is 38.1 Å². The molecule has 1 aromatic heterocycles. The summed E-state index contributed by atoms with van der Waals surface area (Å²) in [5.41, 5.74) is 0.395. The van der Waals surface area contributed by atoms with Crippen LogP contribution in [-0.4, -0.2) is 61.1 Å². The van der Waals surface area contributed by atoms with Crippen molar-refractivity contribution < 1.29 is 47.3 Å². The molecule has 1 N–H and O–H groups in total. The maximum Gasteiger partial charge on any atom is 0.396 e. The molecule has 0 saturated carbocycles. The van der Waals surface area contributed by atoms with E-state index in [0.29, 0.717) is 21.1 Å². The average Bonchev–Trinajstić information content (AvgIpc) is 3.21. The van der Waals surface area contributed by atoms with Crippen LogP contribution < -0.4 is 15.0 Å². The van der Waals surface area contributed by atoms with Crippen LogP contribution in [0.25, 0.3) is 21.1 Å². The van der Waals surface area contributed by atoms with Gasteiger partial charge in [0.25, 0.3) is 0 Å². The number of hydrogen-bond donors (Lipinski definition) is 1. The lowest BCUT2D eigenvalue weighted by atomic mass is 9.96. The molecule has 5 atom stereocenters. The highest BCUT2D eigenvalue weighted by Gasteiger charge is 2.52. The lowest BCUT2D eigenvalue weighted by molar-refractivity contribution is -0.256. The summed E-state index contributed by atoms with van der Waals surface area (Å²) >= 11 is 0.886. The lowest BCUT2D eigenvalue weighted by Crippen LogP contribution is -2.67. The van der Waals surface area contributed by atoms with Gasteiger partial charge >= 0.3 is 22.8 Å². The van der Waals surface area contributed by atoms with Crippen LogP contribution in [0.3, 0.4) is 0 Å². The van der Waals surface area contributed by atoms with E-state index in [9.17, 15) is 24.0 Å². The first-order valence-corrected chi connectivity index (χ1v) is 12.4. The van der Waals surface area contributed by atoms with Gasteiger partial charge in [-0.3, -0.25) is 19.2 Å². The fraction of sp³-hybridized carbons (Fsp3) is 0.400. The number of nitrogens with one attached hydrogen (secondary N) is 1. The molecule has 4 rings (SSSR count). The van der Waals surface area contributed by atoms with E-state index in [4.69, 9.17) is 28.1 Å². The molecule has 1 aliphatic heterocycles. The Morgan fingerprint density at radius 2 is 1.61 bits per heavy atom. The zero-order valence-corrected chi connectivity index (χ0v) is 21.7. The average molecular weight is 548 g/mol. The number of rotatable bonds is 7. The predicted molar refractivity (Wildman–Crippen MR) is 133 cm³/mol. The zero-order valence-electron chi connectivity index (χ0n) is 20.9. The van der Waals surface area contributed by atoms with Gasteiger partial charge in [-0.1, -0.05) is 35.6 Å². The van der Waals surface area contributed by atoms with E-state index in [1.807, 2.05) is 0 Å². The van der Waals surface area contributed by atoms with Crippen LogP contribution in [0.1, 0.15) is 27.7 Å². The van der Waals surface area contributed by atoms with Gasteiger partial charge in [0.2, 0.25) is 12.2 Å². The van der Waals surface area contributed by atoms with Gasteiger partial charge in [-0.2, -0.15) is 0 Å². The molecule has 1 fully saturated rings. The molecule has 2 aromatic carbocycles. The fourth-order valence-electron chi connectivity index (χ4n) is 4.28. The number of esters is 3. The molecule has 0 radical (unpaired) electrons. The Morgan fingerprint density at radius 3 is 2.24 bits per heavy atom. The molecule has 12 nitrogen and oxygen atoms in total. The molecule has 1 saturated heterocycles. The van der Waals surface area contributed by atoms with Crippen molar-refractivity contribution in [2.75, 3.05) is 6.61 Å². The third-order valence-corrected chi connectivity index (χ3v) is 6.39. The minimum Gasteiger partial charge on any atom is -0.463 e. The van der Waals surface area contributed by atoms with Crippen LogP contribution in [0.5, 0.6) is 5.75 Å². The Balaban J connectivity index is 1.81. The first-order valence-electron chi connectivity index (χ1n) is 11.6. The van der Waals surface area contributed by atoms with Crippen molar-refractivity contribution in [1.82, 2.24) is 5.32 Å². The molecular formula is C25H25NO11S. The fourth-order valence-corrected chi connectivity index (χ4v) is 4.99. The predicted octanol–water partition coefficient (Wildman–Crippen LogP) is 2.04. The van der Waals surface area contributed by atoms with Crippen LogP contribution in [0.2, 0.25) is 0 Å². The molecular weight excluding hydrogens is 522 g/mol.